The summed E-state index contributed by atoms with van der Waals surface area (Å²) in [6, 6.07) is 4.16. The van der Waals surface area contributed by atoms with E-state index in [1.807, 2.05) is 0 Å². The fourth-order valence-electron chi connectivity index (χ4n) is 4.69. The highest BCUT2D eigenvalue weighted by Crippen LogP contribution is 2.32. The van der Waals surface area contributed by atoms with Gasteiger partial charge in [0, 0.05) is 17.2 Å². The molecule has 0 aliphatic rings. The monoisotopic (exact) mass is 588 g/mol. The van der Waals surface area contributed by atoms with Gasteiger partial charge in [0.25, 0.3) is 0 Å². The summed E-state index contributed by atoms with van der Waals surface area (Å²) in [5.41, 5.74) is 2.99. The highest BCUT2D eigenvalue weighted by atomic mass is 32.2. The minimum Gasteiger partial charge on any atom is -0.507 e. The maximum Gasteiger partial charge on any atom is 0.232 e. The quantitative estimate of drug-likeness (QED) is 0.0718. The predicted octanol–water partition coefficient (Wildman–Crippen LogP) is 10.9. The van der Waals surface area contributed by atoms with E-state index in [1.54, 1.807) is 23.5 Å². The van der Waals surface area contributed by atoms with Crippen LogP contribution in [0, 0.1) is 0 Å². The summed E-state index contributed by atoms with van der Waals surface area (Å²) in [7, 11) is 0. The summed E-state index contributed by atoms with van der Waals surface area (Å²) in [5.74, 6) is 3.16. The third-order valence-corrected chi connectivity index (χ3v) is 9.04. The average Bonchev–Trinajstić information content (AvgIpc) is 2.95. The summed E-state index contributed by atoms with van der Waals surface area (Å²) in [6.45, 7) is 8.91. The van der Waals surface area contributed by atoms with Crippen molar-refractivity contribution in [1.82, 2.24) is 15.0 Å². The molecule has 0 spiro atoms. The third kappa shape index (κ3) is 14.4. The third-order valence-electron chi connectivity index (χ3n) is 7.18. The molecular formula is C33H56N4OS2. The smallest absolute Gasteiger partial charge is 0.232 e. The molecule has 0 saturated carbocycles. The zero-order valence-electron chi connectivity index (χ0n) is 25.9. The number of phenolic OH excluding ortho intramolecular Hbond substituents is 1. The summed E-state index contributed by atoms with van der Waals surface area (Å²) in [5, 5.41) is 16.0. The molecule has 0 fully saturated rings. The second kappa shape index (κ2) is 22.2. The zero-order chi connectivity index (χ0) is 28.8. The number of nitrogens with one attached hydrogen (secondary N) is 1. The second-order valence-corrected chi connectivity index (χ2v) is 13.1. The highest BCUT2D eigenvalue weighted by molar-refractivity contribution is 7.99. The molecule has 0 amide bonds. The SMILES string of the molecule is CCCCCCCCSc1nc(Nc2cc(CCCC)c(O)c(CCCC)c2)nc(SCCCCCCCC)n1. The molecule has 0 bridgehead atoms. The molecule has 0 atom stereocenters. The fourth-order valence-corrected chi connectivity index (χ4v) is 6.42. The molecule has 2 N–H and O–H groups in total. The molecule has 40 heavy (non-hydrogen) atoms. The molecule has 0 aliphatic heterocycles. The number of hydrogen-bond acceptors (Lipinski definition) is 7. The van der Waals surface area contributed by atoms with Crippen LogP contribution in [0.3, 0.4) is 0 Å². The predicted molar refractivity (Wildman–Crippen MR) is 177 cm³/mol. The van der Waals surface area contributed by atoms with Crippen molar-refractivity contribution >= 4 is 35.2 Å². The van der Waals surface area contributed by atoms with Gasteiger partial charge in [-0.05, 0) is 61.8 Å². The van der Waals surface area contributed by atoms with Crippen molar-refractivity contribution < 1.29 is 5.11 Å². The summed E-state index contributed by atoms with van der Waals surface area (Å²) >= 11 is 3.50. The molecule has 0 saturated heterocycles. The van der Waals surface area contributed by atoms with Crippen LogP contribution < -0.4 is 5.32 Å². The van der Waals surface area contributed by atoms with Crippen LogP contribution in [0.15, 0.2) is 22.4 Å². The number of hydrogen-bond donors (Lipinski definition) is 2. The number of unbranched alkanes of at least 4 members (excludes halogenated alkanes) is 12. The van der Waals surface area contributed by atoms with Gasteiger partial charge >= 0.3 is 0 Å². The maximum absolute atomic E-state index is 10.9. The number of thioether (sulfide) groups is 2. The van der Waals surface area contributed by atoms with Gasteiger partial charge in [-0.25, -0.2) is 0 Å². The van der Waals surface area contributed by atoms with Gasteiger partial charge in [0.2, 0.25) is 5.95 Å². The molecule has 226 valence electrons. The van der Waals surface area contributed by atoms with Crippen molar-refractivity contribution in [3.8, 4) is 5.75 Å². The van der Waals surface area contributed by atoms with E-state index in [-0.39, 0.29) is 0 Å². The van der Waals surface area contributed by atoms with Gasteiger partial charge in [0.15, 0.2) is 10.3 Å². The van der Waals surface area contributed by atoms with E-state index >= 15 is 0 Å². The van der Waals surface area contributed by atoms with E-state index in [9.17, 15) is 5.11 Å². The van der Waals surface area contributed by atoms with Crippen molar-refractivity contribution in [2.24, 2.45) is 0 Å². The number of aryl methyl sites for hydroxylation is 2. The van der Waals surface area contributed by atoms with E-state index in [2.05, 4.69) is 45.1 Å². The summed E-state index contributed by atoms with van der Waals surface area (Å²) in [6.07, 6.45) is 21.6. The van der Waals surface area contributed by atoms with Gasteiger partial charge in [0.1, 0.15) is 5.75 Å². The minimum atomic E-state index is 0.466. The first kappa shape index (κ1) is 34.7. The van der Waals surface area contributed by atoms with Gasteiger partial charge in [-0.1, -0.05) is 128 Å². The van der Waals surface area contributed by atoms with Crippen molar-refractivity contribution in [2.75, 3.05) is 16.8 Å². The average molecular weight is 589 g/mol. The molecule has 1 heterocycles. The van der Waals surface area contributed by atoms with Crippen LogP contribution >= 0.6 is 23.5 Å². The highest BCUT2D eigenvalue weighted by Gasteiger charge is 2.13. The van der Waals surface area contributed by atoms with Crippen LogP contribution in [-0.4, -0.2) is 31.6 Å². The largest absolute Gasteiger partial charge is 0.507 e. The van der Waals surface area contributed by atoms with Crippen molar-refractivity contribution in [2.45, 2.75) is 154 Å². The number of phenols is 1. The first-order valence-corrected chi connectivity index (χ1v) is 18.2. The molecule has 5 nitrogen and oxygen atoms in total. The Kier molecular flexibility index (Phi) is 19.2. The summed E-state index contributed by atoms with van der Waals surface area (Å²) < 4.78 is 0. The van der Waals surface area contributed by atoms with Gasteiger partial charge in [-0.3, -0.25) is 0 Å². The first-order valence-electron chi connectivity index (χ1n) is 16.2. The number of rotatable bonds is 24. The van der Waals surface area contributed by atoms with Crippen LogP contribution in [0.1, 0.15) is 142 Å². The van der Waals surface area contributed by atoms with Crippen LogP contribution in [0.4, 0.5) is 11.6 Å². The van der Waals surface area contributed by atoms with Crippen LogP contribution in [0.5, 0.6) is 5.75 Å². The van der Waals surface area contributed by atoms with E-state index in [4.69, 9.17) is 15.0 Å². The molecule has 0 unspecified atom stereocenters. The first-order chi connectivity index (χ1) is 19.6. The number of aromatic hydroxyl groups is 1. The van der Waals surface area contributed by atoms with E-state index in [0.29, 0.717) is 11.7 Å². The lowest BCUT2D eigenvalue weighted by atomic mass is 9.99. The van der Waals surface area contributed by atoms with Gasteiger partial charge in [0.05, 0.1) is 0 Å². The van der Waals surface area contributed by atoms with Crippen molar-refractivity contribution in [1.29, 1.82) is 0 Å². The molecule has 0 radical (unpaired) electrons. The van der Waals surface area contributed by atoms with Crippen LogP contribution in [0.25, 0.3) is 0 Å². The number of anilines is 2. The Bertz CT molecular complexity index is 875. The van der Waals surface area contributed by atoms with Crippen LogP contribution in [0.2, 0.25) is 0 Å². The van der Waals surface area contributed by atoms with Gasteiger partial charge in [-0.2, -0.15) is 15.0 Å². The number of aromatic nitrogens is 3. The lowest BCUT2D eigenvalue weighted by molar-refractivity contribution is 0.459. The van der Waals surface area contributed by atoms with E-state index < -0.39 is 0 Å². The molecule has 1 aromatic carbocycles. The topological polar surface area (TPSA) is 70.9 Å². The maximum atomic E-state index is 10.9. The number of benzene rings is 1. The molecule has 2 aromatic rings. The Morgan fingerprint density at radius 2 is 1.00 bits per heavy atom. The lowest BCUT2D eigenvalue weighted by Gasteiger charge is -2.14. The standard InChI is InChI=1S/C33H56N4OS2/c1-5-9-13-15-17-19-23-39-32-35-31(36-33(37-32)40-24-20-18-16-14-10-6-2)34-29-25-27(21-11-7-3)30(38)28(26-29)22-12-8-4/h25-26,38H,5-24H2,1-4H3,(H,34,35,36,37). The fraction of sp³-hybridized carbons (Fsp3) is 0.727. The zero-order valence-corrected chi connectivity index (χ0v) is 27.5. The Hall–Kier alpha value is -1.47. The van der Waals surface area contributed by atoms with Crippen molar-refractivity contribution in [3.05, 3.63) is 23.3 Å². The number of nitrogens with zero attached hydrogens (tertiary/aromatic N) is 3. The molecule has 0 aliphatic carbocycles. The molecule has 7 heteroatoms. The minimum absolute atomic E-state index is 0.466. The normalized spacial score (nSPS) is 11.3. The Morgan fingerprint density at radius 1 is 0.575 bits per heavy atom. The molecular weight excluding hydrogens is 533 g/mol. The van der Waals surface area contributed by atoms with E-state index in [0.717, 1.165) is 77.2 Å². The lowest BCUT2D eigenvalue weighted by Crippen LogP contribution is -2.04. The summed E-state index contributed by atoms with van der Waals surface area (Å²) in [4.78, 5) is 14.5. The Balaban J connectivity index is 2.14. The van der Waals surface area contributed by atoms with Gasteiger partial charge < -0.3 is 10.4 Å². The Labute approximate surface area is 253 Å². The van der Waals surface area contributed by atoms with Crippen molar-refractivity contribution in [3.63, 3.8) is 0 Å². The van der Waals surface area contributed by atoms with E-state index in [1.165, 1.54) is 77.0 Å². The van der Waals surface area contributed by atoms with Crippen LogP contribution in [-0.2, 0) is 12.8 Å². The van der Waals surface area contributed by atoms with Gasteiger partial charge in [-0.15, -0.1) is 0 Å². The Morgan fingerprint density at radius 3 is 1.45 bits per heavy atom. The molecule has 1 aromatic heterocycles. The second-order valence-electron chi connectivity index (χ2n) is 10.9. The molecule has 2 rings (SSSR count).